The predicted molar refractivity (Wildman–Crippen MR) is 62.5 cm³/mol. The van der Waals surface area contributed by atoms with E-state index in [0.29, 0.717) is 10.7 Å². The van der Waals surface area contributed by atoms with Gasteiger partial charge in [-0.05, 0) is 24.6 Å². The van der Waals surface area contributed by atoms with Crippen LogP contribution in [0.1, 0.15) is 18.4 Å². The SMILES string of the molecule is Cc1c(Cl)cccc1NC(=O)C1CC(F)(F)C1. The summed E-state index contributed by atoms with van der Waals surface area (Å²) >= 11 is 5.90. The van der Waals surface area contributed by atoms with E-state index < -0.39 is 11.8 Å². The smallest absolute Gasteiger partial charge is 0.249 e. The van der Waals surface area contributed by atoms with Gasteiger partial charge in [-0.15, -0.1) is 0 Å². The van der Waals surface area contributed by atoms with E-state index in [1.807, 2.05) is 0 Å². The van der Waals surface area contributed by atoms with Gasteiger partial charge in [-0.3, -0.25) is 4.79 Å². The first kappa shape index (κ1) is 12.3. The number of alkyl halides is 2. The Hall–Kier alpha value is -1.16. The molecule has 5 heteroatoms. The zero-order chi connectivity index (χ0) is 12.6. The molecule has 1 aromatic carbocycles. The van der Waals surface area contributed by atoms with Crippen LogP contribution in [0.25, 0.3) is 0 Å². The van der Waals surface area contributed by atoms with Crippen LogP contribution in [0.4, 0.5) is 14.5 Å². The van der Waals surface area contributed by atoms with Crippen molar-refractivity contribution in [3.8, 4) is 0 Å². The summed E-state index contributed by atoms with van der Waals surface area (Å²) < 4.78 is 25.3. The summed E-state index contributed by atoms with van der Waals surface area (Å²) in [6.07, 6.45) is -0.725. The first-order chi connectivity index (χ1) is 7.89. The molecule has 0 aromatic heterocycles. The molecule has 0 unspecified atom stereocenters. The fourth-order valence-electron chi connectivity index (χ4n) is 1.82. The minimum absolute atomic E-state index is 0.360. The molecule has 1 aromatic rings. The molecule has 0 heterocycles. The van der Waals surface area contributed by atoms with Gasteiger partial charge in [-0.1, -0.05) is 17.7 Å². The van der Waals surface area contributed by atoms with Crippen molar-refractivity contribution in [3.05, 3.63) is 28.8 Å². The van der Waals surface area contributed by atoms with E-state index in [-0.39, 0.29) is 18.7 Å². The van der Waals surface area contributed by atoms with Gasteiger partial charge >= 0.3 is 0 Å². The van der Waals surface area contributed by atoms with E-state index in [0.717, 1.165) is 5.56 Å². The summed E-state index contributed by atoms with van der Waals surface area (Å²) in [6, 6.07) is 5.13. The summed E-state index contributed by atoms with van der Waals surface area (Å²) in [6.45, 7) is 1.77. The highest BCUT2D eigenvalue weighted by atomic mass is 35.5. The molecule has 1 aliphatic rings. The summed E-state index contributed by atoms with van der Waals surface area (Å²) in [7, 11) is 0. The van der Waals surface area contributed by atoms with Crippen molar-refractivity contribution in [3.63, 3.8) is 0 Å². The fourth-order valence-corrected chi connectivity index (χ4v) is 2.00. The normalized spacial score (nSPS) is 18.6. The zero-order valence-electron chi connectivity index (χ0n) is 9.27. The molecule has 0 radical (unpaired) electrons. The molecular weight excluding hydrogens is 248 g/mol. The Morgan fingerprint density at radius 1 is 1.47 bits per heavy atom. The molecular formula is C12H12ClF2NO. The predicted octanol–water partition coefficient (Wildman–Crippen LogP) is 3.63. The largest absolute Gasteiger partial charge is 0.326 e. The van der Waals surface area contributed by atoms with E-state index in [1.54, 1.807) is 25.1 Å². The van der Waals surface area contributed by atoms with E-state index in [9.17, 15) is 13.6 Å². The van der Waals surface area contributed by atoms with Crippen molar-refractivity contribution in [2.45, 2.75) is 25.7 Å². The van der Waals surface area contributed by atoms with Crippen molar-refractivity contribution in [2.24, 2.45) is 5.92 Å². The molecule has 1 fully saturated rings. The molecule has 2 nitrogen and oxygen atoms in total. The third-order valence-corrected chi connectivity index (χ3v) is 3.40. The van der Waals surface area contributed by atoms with Crippen LogP contribution < -0.4 is 5.32 Å². The monoisotopic (exact) mass is 259 g/mol. The number of amides is 1. The average molecular weight is 260 g/mol. The van der Waals surface area contributed by atoms with E-state index in [2.05, 4.69) is 5.32 Å². The standard InChI is InChI=1S/C12H12ClF2NO/c1-7-9(13)3-2-4-10(7)16-11(17)8-5-12(14,15)6-8/h2-4,8H,5-6H2,1H3,(H,16,17). The van der Waals surface area contributed by atoms with Crippen LogP contribution in [0.5, 0.6) is 0 Å². The van der Waals surface area contributed by atoms with Crippen LogP contribution in [0.2, 0.25) is 5.02 Å². The summed E-state index contributed by atoms with van der Waals surface area (Å²) in [5, 5.41) is 3.18. The topological polar surface area (TPSA) is 29.1 Å². The van der Waals surface area contributed by atoms with Crippen molar-refractivity contribution in [1.29, 1.82) is 0 Å². The van der Waals surface area contributed by atoms with Crippen molar-refractivity contribution in [2.75, 3.05) is 5.32 Å². The second kappa shape index (κ2) is 4.26. The first-order valence-corrected chi connectivity index (χ1v) is 5.71. The molecule has 0 bridgehead atoms. The Morgan fingerprint density at radius 2 is 2.12 bits per heavy atom. The van der Waals surface area contributed by atoms with Crippen LogP contribution in [0.15, 0.2) is 18.2 Å². The number of halogens is 3. The van der Waals surface area contributed by atoms with Crippen LogP contribution in [-0.4, -0.2) is 11.8 Å². The quantitative estimate of drug-likeness (QED) is 0.863. The number of carbonyl (C=O) groups is 1. The maximum absolute atomic E-state index is 12.6. The molecule has 17 heavy (non-hydrogen) atoms. The Labute approximate surface area is 103 Å². The second-order valence-electron chi connectivity index (χ2n) is 4.36. The van der Waals surface area contributed by atoms with Gasteiger partial charge in [0.25, 0.3) is 0 Å². The highest BCUT2D eigenvalue weighted by Crippen LogP contribution is 2.42. The minimum atomic E-state index is -2.68. The molecule has 0 saturated heterocycles. The molecule has 2 rings (SSSR count). The van der Waals surface area contributed by atoms with Gasteiger partial charge in [0, 0.05) is 29.5 Å². The highest BCUT2D eigenvalue weighted by Gasteiger charge is 2.48. The Kier molecular flexibility index (Phi) is 3.08. The second-order valence-corrected chi connectivity index (χ2v) is 4.77. The molecule has 1 saturated carbocycles. The van der Waals surface area contributed by atoms with Gasteiger partial charge < -0.3 is 5.32 Å². The van der Waals surface area contributed by atoms with Crippen molar-refractivity contribution in [1.82, 2.24) is 0 Å². The number of hydrogen-bond acceptors (Lipinski definition) is 1. The number of nitrogens with one attached hydrogen (secondary N) is 1. The molecule has 1 amide bonds. The molecule has 1 N–H and O–H groups in total. The lowest BCUT2D eigenvalue weighted by Crippen LogP contribution is -2.42. The molecule has 92 valence electrons. The van der Waals surface area contributed by atoms with Gasteiger partial charge in [0.1, 0.15) is 0 Å². The van der Waals surface area contributed by atoms with Gasteiger partial charge in [0.15, 0.2) is 0 Å². The van der Waals surface area contributed by atoms with Gasteiger partial charge in [0.2, 0.25) is 11.8 Å². The summed E-state index contributed by atoms with van der Waals surface area (Å²) in [5.74, 6) is -3.63. The van der Waals surface area contributed by atoms with E-state index in [1.165, 1.54) is 0 Å². The van der Waals surface area contributed by atoms with Crippen LogP contribution >= 0.6 is 11.6 Å². The van der Waals surface area contributed by atoms with Crippen LogP contribution in [-0.2, 0) is 4.79 Å². The number of hydrogen-bond donors (Lipinski definition) is 1. The molecule has 1 aliphatic carbocycles. The first-order valence-electron chi connectivity index (χ1n) is 5.33. The lowest BCUT2D eigenvalue weighted by molar-refractivity contribution is -0.145. The number of rotatable bonds is 2. The van der Waals surface area contributed by atoms with Crippen molar-refractivity contribution < 1.29 is 13.6 Å². The third kappa shape index (κ3) is 2.57. The Bertz CT molecular complexity index is 454. The molecule has 0 spiro atoms. The van der Waals surface area contributed by atoms with E-state index >= 15 is 0 Å². The molecule has 0 atom stereocenters. The fraction of sp³-hybridized carbons (Fsp3) is 0.417. The number of carbonyl (C=O) groups excluding carboxylic acids is 1. The summed E-state index contributed by atoms with van der Waals surface area (Å²) in [4.78, 5) is 11.7. The van der Waals surface area contributed by atoms with Gasteiger partial charge in [-0.2, -0.15) is 0 Å². The highest BCUT2D eigenvalue weighted by molar-refractivity contribution is 6.31. The van der Waals surface area contributed by atoms with Crippen LogP contribution in [0, 0.1) is 12.8 Å². The Balaban J connectivity index is 2.02. The zero-order valence-corrected chi connectivity index (χ0v) is 10.0. The lowest BCUT2D eigenvalue weighted by Gasteiger charge is -2.33. The van der Waals surface area contributed by atoms with Crippen molar-refractivity contribution >= 4 is 23.2 Å². The number of anilines is 1. The van der Waals surface area contributed by atoms with Gasteiger partial charge in [-0.25, -0.2) is 8.78 Å². The number of benzene rings is 1. The maximum Gasteiger partial charge on any atom is 0.249 e. The van der Waals surface area contributed by atoms with Gasteiger partial charge in [0.05, 0.1) is 0 Å². The average Bonchev–Trinajstić information content (AvgIpc) is 2.21. The van der Waals surface area contributed by atoms with E-state index in [4.69, 9.17) is 11.6 Å². The molecule has 0 aliphatic heterocycles. The summed E-state index contributed by atoms with van der Waals surface area (Å²) in [5.41, 5.74) is 1.33. The Morgan fingerprint density at radius 3 is 2.71 bits per heavy atom. The maximum atomic E-state index is 12.6. The van der Waals surface area contributed by atoms with Crippen LogP contribution in [0.3, 0.4) is 0 Å². The lowest BCUT2D eigenvalue weighted by atomic mass is 9.80. The minimum Gasteiger partial charge on any atom is -0.326 e. The third-order valence-electron chi connectivity index (χ3n) is 2.99.